The molecule has 1 heterocycles. The fourth-order valence-corrected chi connectivity index (χ4v) is 1.43. The summed E-state index contributed by atoms with van der Waals surface area (Å²) < 4.78 is 5.42. The lowest BCUT2D eigenvalue weighted by atomic mass is 9.94. The van der Waals surface area contributed by atoms with Crippen LogP contribution in [0.1, 0.15) is 26.7 Å². The van der Waals surface area contributed by atoms with Crippen molar-refractivity contribution in [1.29, 1.82) is 0 Å². The number of hydrogen-bond donors (Lipinski definition) is 2. The monoisotopic (exact) mass is 201 g/mol. The van der Waals surface area contributed by atoms with E-state index >= 15 is 0 Å². The summed E-state index contributed by atoms with van der Waals surface area (Å²) in [5.74, 6) is -0.766. The Labute approximate surface area is 84.6 Å². The molecule has 14 heavy (non-hydrogen) atoms. The highest BCUT2D eigenvalue weighted by Crippen LogP contribution is 2.14. The quantitative estimate of drug-likeness (QED) is 0.693. The Hall–Kier alpha value is -0.610. The van der Waals surface area contributed by atoms with E-state index in [0.717, 1.165) is 26.0 Å². The van der Waals surface area contributed by atoms with Crippen LogP contribution in [0.4, 0.5) is 0 Å². The van der Waals surface area contributed by atoms with E-state index < -0.39 is 11.4 Å². The average molecular weight is 201 g/mol. The lowest BCUT2D eigenvalue weighted by molar-refractivity contribution is -0.146. The smallest absolute Gasteiger partial charge is 0.310 e. The van der Waals surface area contributed by atoms with Crippen molar-refractivity contribution in [2.45, 2.75) is 32.8 Å². The SMILES string of the molecule is CC(C)(CNCC1CCCO1)C(=O)O. The van der Waals surface area contributed by atoms with E-state index in [2.05, 4.69) is 5.32 Å². The van der Waals surface area contributed by atoms with Gasteiger partial charge in [-0.1, -0.05) is 0 Å². The zero-order valence-electron chi connectivity index (χ0n) is 8.88. The summed E-state index contributed by atoms with van der Waals surface area (Å²) in [6.45, 7) is 5.53. The summed E-state index contributed by atoms with van der Waals surface area (Å²) >= 11 is 0. The maximum absolute atomic E-state index is 10.8. The molecular weight excluding hydrogens is 182 g/mol. The number of aliphatic carboxylic acids is 1. The van der Waals surface area contributed by atoms with Crippen LogP contribution in [0.2, 0.25) is 0 Å². The van der Waals surface area contributed by atoms with Crippen molar-refractivity contribution in [1.82, 2.24) is 5.32 Å². The molecule has 0 aromatic rings. The standard InChI is InChI=1S/C10H19NO3/c1-10(2,9(12)13)7-11-6-8-4-3-5-14-8/h8,11H,3-7H2,1-2H3,(H,12,13). The fourth-order valence-electron chi connectivity index (χ4n) is 1.43. The van der Waals surface area contributed by atoms with E-state index in [1.165, 1.54) is 0 Å². The highest BCUT2D eigenvalue weighted by molar-refractivity contribution is 5.73. The molecule has 82 valence electrons. The van der Waals surface area contributed by atoms with Crippen molar-refractivity contribution < 1.29 is 14.6 Å². The van der Waals surface area contributed by atoms with Crippen LogP contribution in [0.15, 0.2) is 0 Å². The van der Waals surface area contributed by atoms with E-state index in [4.69, 9.17) is 9.84 Å². The van der Waals surface area contributed by atoms with E-state index in [0.29, 0.717) is 6.54 Å². The van der Waals surface area contributed by atoms with Crippen LogP contribution >= 0.6 is 0 Å². The normalized spacial score (nSPS) is 22.6. The van der Waals surface area contributed by atoms with Crippen LogP contribution in [0.3, 0.4) is 0 Å². The number of carbonyl (C=O) groups is 1. The topological polar surface area (TPSA) is 58.6 Å². The summed E-state index contributed by atoms with van der Waals surface area (Å²) in [5.41, 5.74) is -0.696. The molecule has 0 spiro atoms. The summed E-state index contributed by atoms with van der Waals surface area (Å²) in [4.78, 5) is 10.8. The molecule has 1 fully saturated rings. The molecule has 4 heteroatoms. The highest BCUT2D eigenvalue weighted by atomic mass is 16.5. The van der Waals surface area contributed by atoms with Gasteiger partial charge in [0.2, 0.25) is 0 Å². The Kier molecular flexibility index (Phi) is 3.89. The van der Waals surface area contributed by atoms with Gasteiger partial charge in [-0.15, -0.1) is 0 Å². The molecule has 1 saturated heterocycles. The molecule has 1 unspecified atom stereocenters. The fraction of sp³-hybridized carbons (Fsp3) is 0.900. The highest BCUT2D eigenvalue weighted by Gasteiger charge is 2.27. The first-order valence-electron chi connectivity index (χ1n) is 5.08. The van der Waals surface area contributed by atoms with Crippen molar-refractivity contribution in [3.63, 3.8) is 0 Å². The molecule has 1 rings (SSSR count). The summed E-state index contributed by atoms with van der Waals surface area (Å²) in [5, 5.41) is 12.0. The van der Waals surface area contributed by atoms with E-state index in [-0.39, 0.29) is 6.10 Å². The second kappa shape index (κ2) is 4.75. The molecule has 0 aromatic carbocycles. The number of nitrogens with one attached hydrogen (secondary N) is 1. The molecule has 0 amide bonds. The minimum atomic E-state index is -0.766. The molecule has 0 radical (unpaired) electrons. The van der Waals surface area contributed by atoms with Crippen LogP contribution in [-0.2, 0) is 9.53 Å². The third-order valence-electron chi connectivity index (χ3n) is 2.54. The minimum Gasteiger partial charge on any atom is -0.481 e. The Balaban J connectivity index is 2.16. The molecular formula is C10H19NO3. The second-order valence-electron chi connectivity index (χ2n) is 4.45. The van der Waals surface area contributed by atoms with E-state index in [1.54, 1.807) is 13.8 Å². The van der Waals surface area contributed by atoms with Crippen LogP contribution in [-0.4, -0.2) is 36.9 Å². The summed E-state index contributed by atoms with van der Waals surface area (Å²) in [6.07, 6.45) is 2.48. The van der Waals surface area contributed by atoms with E-state index in [1.807, 2.05) is 0 Å². The third kappa shape index (κ3) is 3.27. The second-order valence-corrected chi connectivity index (χ2v) is 4.45. The maximum Gasteiger partial charge on any atom is 0.310 e. The van der Waals surface area contributed by atoms with Gasteiger partial charge >= 0.3 is 5.97 Å². The van der Waals surface area contributed by atoms with Gasteiger partial charge in [0.05, 0.1) is 11.5 Å². The average Bonchev–Trinajstić information content (AvgIpc) is 2.56. The van der Waals surface area contributed by atoms with Gasteiger partial charge in [0.25, 0.3) is 0 Å². The number of ether oxygens (including phenoxy) is 1. The van der Waals surface area contributed by atoms with E-state index in [9.17, 15) is 4.79 Å². The Bertz CT molecular complexity index is 198. The van der Waals surface area contributed by atoms with Gasteiger partial charge in [0.1, 0.15) is 0 Å². The lowest BCUT2D eigenvalue weighted by Crippen LogP contribution is -2.39. The van der Waals surface area contributed by atoms with Crippen molar-refractivity contribution in [3.8, 4) is 0 Å². The predicted molar refractivity (Wildman–Crippen MR) is 53.3 cm³/mol. The van der Waals surface area contributed by atoms with Crippen molar-refractivity contribution in [3.05, 3.63) is 0 Å². The Morgan fingerprint density at radius 2 is 2.36 bits per heavy atom. The molecule has 4 nitrogen and oxygen atoms in total. The van der Waals surface area contributed by atoms with Gasteiger partial charge in [0, 0.05) is 19.7 Å². The van der Waals surface area contributed by atoms with Crippen LogP contribution in [0, 0.1) is 5.41 Å². The van der Waals surface area contributed by atoms with Gasteiger partial charge < -0.3 is 15.2 Å². The first-order valence-corrected chi connectivity index (χ1v) is 5.08. The van der Waals surface area contributed by atoms with Gasteiger partial charge in [-0.05, 0) is 26.7 Å². The Morgan fingerprint density at radius 3 is 2.86 bits per heavy atom. The number of carboxylic acids is 1. The predicted octanol–water partition coefficient (Wildman–Crippen LogP) is 0.866. The minimum absolute atomic E-state index is 0.277. The number of hydrogen-bond acceptors (Lipinski definition) is 3. The zero-order valence-corrected chi connectivity index (χ0v) is 8.88. The molecule has 2 N–H and O–H groups in total. The largest absolute Gasteiger partial charge is 0.481 e. The first kappa shape index (κ1) is 11.5. The molecule has 0 aromatic heterocycles. The van der Waals surface area contributed by atoms with Gasteiger partial charge in [-0.2, -0.15) is 0 Å². The van der Waals surface area contributed by atoms with Gasteiger partial charge in [-0.3, -0.25) is 4.79 Å². The number of rotatable bonds is 5. The van der Waals surface area contributed by atoms with Crippen LogP contribution < -0.4 is 5.32 Å². The molecule has 1 atom stereocenters. The van der Waals surface area contributed by atoms with Gasteiger partial charge in [-0.25, -0.2) is 0 Å². The Morgan fingerprint density at radius 1 is 1.64 bits per heavy atom. The first-order chi connectivity index (χ1) is 6.52. The molecule has 0 aliphatic carbocycles. The lowest BCUT2D eigenvalue weighted by Gasteiger charge is -2.20. The molecule has 1 aliphatic rings. The molecule has 0 bridgehead atoms. The molecule has 1 aliphatic heterocycles. The summed E-state index contributed by atoms with van der Waals surface area (Å²) in [7, 11) is 0. The van der Waals surface area contributed by atoms with Crippen molar-refractivity contribution >= 4 is 5.97 Å². The van der Waals surface area contributed by atoms with Crippen molar-refractivity contribution in [2.24, 2.45) is 5.41 Å². The maximum atomic E-state index is 10.8. The third-order valence-corrected chi connectivity index (χ3v) is 2.54. The number of carboxylic acid groups (broad SMARTS) is 1. The van der Waals surface area contributed by atoms with Crippen LogP contribution in [0.25, 0.3) is 0 Å². The van der Waals surface area contributed by atoms with Crippen LogP contribution in [0.5, 0.6) is 0 Å². The zero-order chi connectivity index (χ0) is 10.6. The van der Waals surface area contributed by atoms with Crippen molar-refractivity contribution in [2.75, 3.05) is 19.7 Å². The molecule has 0 saturated carbocycles. The van der Waals surface area contributed by atoms with Gasteiger partial charge in [0.15, 0.2) is 0 Å². The summed E-state index contributed by atoms with van der Waals surface area (Å²) in [6, 6.07) is 0.